The number of hydrogen-bond acceptors (Lipinski definition) is 4. The van der Waals surface area contributed by atoms with Crippen LogP contribution in [0.4, 0.5) is 11.4 Å². The highest BCUT2D eigenvalue weighted by Crippen LogP contribution is 2.25. The number of hydrogen-bond donors (Lipinski definition) is 2. The molecule has 2 rings (SSSR count). The molecular formula is C12H16N2O3S. The van der Waals surface area contributed by atoms with E-state index in [1.54, 1.807) is 6.07 Å². The zero-order valence-corrected chi connectivity index (χ0v) is 11.2. The van der Waals surface area contributed by atoms with Gasteiger partial charge in [-0.3, -0.25) is 4.79 Å². The van der Waals surface area contributed by atoms with E-state index >= 15 is 0 Å². The van der Waals surface area contributed by atoms with Crippen LogP contribution in [0.25, 0.3) is 0 Å². The summed E-state index contributed by atoms with van der Waals surface area (Å²) in [4.78, 5) is 11.8. The first kappa shape index (κ1) is 12.9. The molecule has 0 aromatic heterocycles. The Morgan fingerprint density at radius 2 is 2.17 bits per heavy atom. The van der Waals surface area contributed by atoms with Crippen molar-refractivity contribution in [2.75, 3.05) is 23.4 Å². The third kappa shape index (κ3) is 2.64. The average Bonchev–Trinajstić information content (AvgIpc) is 2.73. The van der Waals surface area contributed by atoms with E-state index in [1.165, 1.54) is 6.92 Å². The van der Waals surface area contributed by atoms with Gasteiger partial charge in [0.25, 0.3) is 0 Å². The van der Waals surface area contributed by atoms with Crippen LogP contribution in [0.1, 0.15) is 12.5 Å². The molecule has 0 aliphatic carbocycles. The highest BCUT2D eigenvalue weighted by Gasteiger charge is 2.23. The van der Waals surface area contributed by atoms with Crippen LogP contribution in [0.3, 0.4) is 0 Å². The molecule has 1 aromatic carbocycles. The van der Waals surface area contributed by atoms with E-state index in [2.05, 4.69) is 10.6 Å². The highest BCUT2D eigenvalue weighted by molar-refractivity contribution is 7.92. The van der Waals surface area contributed by atoms with E-state index in [4.69, 9.17) is 0 Å². The summed E-state index contributed by atoms with van der Waals surface area (Å²) in [5, 5.41) is 4.81. The summed E-state index contributed by atoms with van der Waals surface area (Å²) in [5.41, 5.74) is 2.85. The Balaban J connectivity index is 2.13. The van der Waals surface area contributed by atoms with Gasteiger partial charge in [0.15, 0.2) is 9.84 Å². The predicted molar refractivity (Wildman–Crippen MR) is 71.6 cm³/mol. The first-order valence-corrected chi connectivity index (χ1v) is 7.70. The minimum Gasteiger partial charge on any atom is -0.384 e. The van der Waals surface area contributed by atoms with Crippen LogP contribution in [0.15, 0.2) is 18.2 Å². The van der Waals surface area contributed by atoms with E-state index < -0.39 is 21.0 Å². The van der Waals surface area contributed by atoms with E-state index in [-0.39, 0.29) is 0 Å². The second kappa shape index (κ2) is 4.61. The van der Waals surface area contributed by atoms with E-state index in [0.717, 1.165) is 30.5 Å². The monoisotopic (exact) mass is 268 g/mol. The van der Waals surface area contributed by atoms with Crippen molar-refractivity contribution in [2.45, 2.75) is 18.6 Å². The lowest BCUT2D eigenvalue weighted by Crippen LogP contribution is -2.31. The van der Waals surface area contributed by atoms with Gasteiger partial charge < -0.3 is 10.6 Å². The summed E-state index contributed by atoms with van der Waals surface area (Å²) in [5.74, 6) is -0.497. The maximum absolute atomic E-state index is 11.8. The molecule has 0 spiro atoms. The number of carbonyl (C=O) groups excluding carboxylic acids is 1. The van der Waals surface area contributed by atoms with E-state index in [1.807, 2.05) is 12.1 Å². The normalized spacial score (nSPS) is 15.7. The number of benzene rings is 1. The Labute approximate surface area is 107 Å². The lowest BCUT2D eigenvalue weighted by Gasteiger charge is -2.11. The Morgan fingerprint density at radius 3 is 2.83 bits per heavy atom. The second-order valence-corrected chi connectivity index (χ2v) is 6.88. The van der Waals surface area contributed by atoms with Crippen molar-refractivity contribution in [2.24, 2.45) is 0 Å². The molecule has 1 heterocycles. The van der Waals surface area contributed by atoms with Gasteiger partial charge in [0.05, 0.1) is 0 Å². The molecule has 0 fully saturated rings. The molecule has 98 valence electrons. The summed E-state index contributed by atoms with van der Waals surface area (Å²) in [6.07, 6.45) is 1.98. The summed E-state index contributed by atoms with van der Waals surface area (Å²) >= 11 is 0. The predicted octanol–water partition coefficient (Wildman–Crippen LogP) is 1.03. The van der Waals surface area contributed by atoms with Gasteiger partial charge in [-0.1, -0.05) is 0 Å². The summed E-state index contributed by atoms with van der Waals surface area (Å²) in [6, 6.07) is 5.54. The van der Waals surface area contributed by atoms with Crippen molar-refractivity contribution in [1.82, 2.24) is 0 Å². The van der Waals surface area contributed by atoms with Crippen LogP contribution < -0.4 is 10.6 Å². The number of amides is 1. The van der Waals surface area contributed by atoms with Crippen molar-refractivity contribution < 1.29 is 13.2 Å². The van der Waals surface area contributed by atoms with Crippen molar-refractivity contribution in [3.8, 4) is 0 Å². The van der Waals surface area contributed by atoms with Crippen LogP contribution >= 0.6 is 0 Å². The van der Waals surface area contributed by atoms with Crippen molar-refractivity contribution in [3.63, 3.8) is 0 Å². The molecule has 18 heavy (non-hydrogen) atoms. The molecule has 0 radical (unpaired) electrons. The summed E-state index contributed by atoms with van der Waals surface area (Å²) in [7, 11) is -3.36. The van der Waals surface area contributed by atoms with Crippen LogP contribution in [-0.4, -0.2) is 32.4 Å². The van der Waals surface area contributed by atoms with Gasteiger partial charge in [-0.05, 0) is 37.1 Å². The largest absolute Gasteiger partial charge is 0.384 e. The zero-order valence-electron chi connectivity index (χ0n) is 10.4. The van der Waals surface area contributed by atoms with Gasteiger partial charge >= 0.3 is 0 Å². The molecule has 1 aliphatic heterocycles. The number of fused-ring (bicyclic) bond motifs is 1. The molecule has 2 N–H and O–H groups in total. The molecule has 1 atom stereocenters. The van der Waals surface area contributed by atoms with Crippen molar-refractivity contribution >= 4 is 27.1 Å². The Hall–Kier alpha value is -1.56. The molecule has 1 aliphatic rings. The number of carbonyl (C=O) groups is 1. The van der Waals surface area contributed by atoms with Gasteiger partial charge in [-0.25, -0.2) is 8.42 Å². The topological polar surface area (TPSA) is 75.3 Å². The van der Waals surface area contributed by atoms with Gasteiger partial charge in [-0.2, -0.15) is 0 Å². The summed E-state index contributed by atoms with van der Waals surface area (Å²) < 4.78 is 22.6. The lowest BCUT2D eigenvalue weighted by molar-refractivity contribution is -0.115. The highest BCUT2D eigenvalue weighted by atomic mass is 32.2. The zero-order chi connectivity index (χ0) is 13.3. The van der Waals surface area contributed by atoms with Gasteiger partial charge in [0.1, 0.15) is 5.25 Å². The first-order chi connectivity index (χ1) is 8.38. The molecular weight excluding hydrogens is 252 g/mol. The van der Waals surface area contributed by atoms with Crippen LogP contribution in [0, 0.1) is 0 Å². The molecule has 6 heteroatoms. The Bertz CT molecular complexity index is 581. The maximum Gasteiger partial charge on any atom is 0.242 e. The fourth-order valence-electron chi connectivity index (χ4n) is 1.82. The first-order valence-electron chi connectivity index (χ1n) is 5.74. The minimum absolute atomic E-state index is 0.497. The molecule has 5 nitrogen and oxygen atoms in total. The second-order valence-electron chi connectivity index (χ2n) is 4.51. The number of nitrogens with one attached hydrogen (secondary N) is 2. The lowest BCUT2D eigenvalue weighted by atomic mass is 10.1. The molecule has 1 aromatic rings. The number of sulfone groups is 1. The molecule has 0 saturated carbocycles. The third-order valence-corrected chi connectivity index (χ3v) is 4.59. The smallest absolute Gasteiger partial charge is 0.242 e. The Kier molecular flexibility index (Phi) is 3.30. The summed E-state index contributed by atoms with van der Waals surface area (Å²) in [6.45, 7) is 2.28. The molecule has 0 saturated heterocycles. The third-order valence-electron chi connectivity index (χ3n) is 3.09. The van der Waals surface area contributed by atoms with Gasteiger partial charge in [0.2, 0.25) is 5.91 Å². The standard InChI is InChI=1S/C12H16N2O3S/c1-8(18(2,16)17)12(15)14-10-3-4-11-9(7-10)5-6-13-11/h3-4,7-8,13H,5-6H2,1-2H3,(H,14,15)/t8-/m1/s1. The van der Waals surface area contributed by atoms with E-state index in [0.29, 0.717) is 5.69 Å². The van der Waals surface area contributed by atoms with E-state index in [9.17, 15) is 13.2 Å². The van der Waals surface area contributed by atoms with Crippen LogP contribution in [0.2, 0.25) is 0 Å². The van der Waals surface area contributed by atoms with Crippen LogP contribution in [-0.2, 0) is 21.1 Å². The SMILES string of the molecule is C[C@H](C(=O)Nc1ccc2c(c1)CCN2)S(C)(=O)=O. The van der Waals surface area contributed by atoms with Crippen LogP contribution in [0.5, 0.6) is 0 Å². The maximum atomic E-state index is 11.8. The number of rotatable bonds is 3. The van der Waals surface area contributed by atoms with Crippen molar-refractivity contribution in [3.05, 3.63) is 23.8 Å². The molecule has 1 amide bonds. The molecule has 0 bridgehead atoms. The minimum atomic E-state index is -3.36. The average molecular weight is 268 g/mol. The molecule has 0 unspecified atom stereocenters. The Morgan fingerprint density at radius 1 is 1.44 bits per heavy atom. The van der Waals surface area contributed by atoms with Crippen molar-refractivity contribution in [1.29, 1.82) is 0 Å². The van der Waals surface area contributed by atoms with Gasteiger partial charge in [-0.15, -0.1) is 0 Å². The number of anilines is 2. The van der Waals surface area contributed by atoms with Gasteiger partial charge in [0, 0.05) is 24.2 Å². The fraction of sp³-hybridized carbons (Fsp3) is 0.417. The quantitative estimate of drug-likeness (QED) is 0.858. The fourth-order valence-corrected chi connectivity index (χ4v) is 2.27.